The van der Waals surface area contributed by atoms with Crippen LogP contribution in [-0.2, 0) is 5.41 Å². The van der Waals surface area contributed by atoms with E-state index < -0.39 is 5.41 Å². The molecule has 0 saturated carbocycles. The Morgan fingerprint density at radius 3 is 1.70 bits per heavy atom. The molecule has 14 rings (SSSR count). The Labute approximate surface area is 475 Å². The summed E-state index contributed by atoms with van der Waals surface area (Å²) in [5, 5.41) is 6.43. The van der Waals surface area contributed by atoms with E-state index in [1.807, 2.05) is 46.8 Å². The lowest BCUT2D eigenvalue weighted by atomic mass is 9.70. The molecule has 10 aromatic carbocycles. The molecule has 0 amide bonds. The van der Waals surface area contributed by atoms with E-state index in [-0.39, 0.29) is 0 Å². The minimum Gasteiger partial charge on any atom is -0.358 e. The molecular weight excluding hydrogens is 965 g/mol. The van der Waals surface area contributed by atoms with Crippen LogP contribution in [0.4, 0.5) is 22.7 Å². The van der Waals surface area contributed by atoms with E-state index in [9.17, 15) is 0 Å². The first-order chi connectivity index (χ1) is 39.3. The van der Waals surface area contributed by atoms with Crippen LogP contribution in [0.3, 0.4) is 0 Å². The van der Waals surface area contributed by atoms with E-state index in [4.69, 9.17) is 0 Å². The zero-order valence-corrected chi connectivity index (χ0v) is 47.4. The van der Waals surface area contributed by atoms with E-state index in [1.54, 1.807) is 6.08 Å². The summed E-state index contributed by atoms with van der Waals surface area (Å²) in [6.45, 7) is 21.7. The second-order valence-electron chi connectivity index (χ2n) is 20.7. The summed E-state index contributed by atoms with van der Waals surface area (Å²) in [7, 11) is 0. The molecule has 0 saturated heterocycles. The van der Waals surface area contributed by atoms with Crippen molar-refractivity contribution in [3.8, 4) is 55.6 Å². The van der Waals surface area contributed by atoms with Crippen LogP contribution < -0.4 is 10.2 Å². The first kappa shape index (κ1) is 52.8. The number of aryl methyl sites for hydroxylation is 2. The molecule has 0 unspecified atom stereocenters. The summed E-state index contributed by atoms with van der Waals surface area (Å²) in [5.74, 6) is 0. The van der Waals surface area contributed by atoms with Crippen LogP contribution in [0.15, 0.2) is 267 Å². The van der Waals surface area contributed by atoms with Crippen LogP contribution in [0, 0.1) is 13.8 Å². The number of anilines is 4. The van der Waals surface area contributed by atoms with Crippen molar-refractivity contribution >= 4 is 39.1 Å². The van der Waals surface area contributed by atoms with Crippen molar-refractivity contribution in [3.05, 3.63) is 306 Å². The Hall–Kier alpha value is -9.24. The number of nitrogens with zero attached hydrogens (tertiary/aromatic N) is 1. The van der Waals surface area contributed by atoms with Crippen LogP contribution in [-0.4, -0.2) is 0 Å². The first-order valence-electron chi connectivity index (χ1n) is 28.6. The lowest BCUT2D eigenvalue weighted by molar-refractivity contribution is 0.793. The summed E-state index contributed by atoms with van der Waals surface area (Å²) in [6, 6.07) is 79.5. The van der Waals surface area contributed by atoms with Crippen LogP contribution in [0.5, 0.6) is 0 Å². The number of allylic oxidation sites excluding steroid dienone is 8. The second-order valence-corrected chi connectivity index (χ2v) is 20.7. The van der Waals surface area contributed by atoms with Gasteiger partial charge in [-0.15, -0.1) is 0 Å². The fourth-order valence-electron chi connectivity index (χ4n) is 12.7. The van der Waals surface area contributed by atoms with Gasteiger partial charge in [0, 0.05) is 39.4 Å². The molecular formula is C78H70N2. The lowest BCUT2D eigenvalue weighted by Gasteiger charge is -2.32. The molecule has 392 valence electrons. The van der Waals surface area contributed by atoms with E-state index >= 15 is 0 Å². The summed E-state index contributed by atoms with van der Waals surface area (Å²) in [5.41, 5.74) is 29.8. The highest BCUT2D eigenvalue weighted by molar-refractivity contribution is 6.11. The molecule has 3 aliphatic carbocycles. The minimum atomic E-state index is -0.412. The third-order valence-electron chi connectivity index (χ3n) is 16.1. The molecule has 80 heavy (non-hydrogen) atoms. The predicted octanol–water partition coefficient (Wildman–Crippen LogP) is 22.1. The van der Waals surface area contributed by atoms with Gasteiger partial charge in [0.2, 0.25) is 0 Å². The Morgan fingerprint density at radius 2 is 1.06 bits per heavy atom. The molecule has 0 fully saturated rings. The molecule has 10 aromatic rings. The average molecular weight is 1040 g/mol. The largest absolute Gasteiger partial charge is 0.358 e. The first-order valence-corrected chi connectivity index (χ1v) is 28.6. The monoisotopic (exact) mass is 1030 g/mol. The average Bonchev–Trinajstić information content (AvgIpc) is 3.99. The fraction of sp³-hybridized carbons (Fsp3) is 0.128. The number of rotatable bonds is 8. The summed E-state index contributed by atoms with van der Waals surface area (Å²) in [6.07, 6.45) is 12.3. The maximum Gasteiger partial charge on any atom is 0.0726 e. The number of benzene rings is 10. The van der Waals surface area contributed by atoms with Gasteiger partial charge in [0.05, 0.1) is 5.41 Å². The highest BCUT2D eigenvalue weighted by Crippen LogP contribution is 2.63. The molecule has 1 aliphatic heterocycles. The van der Waals surface area contributed by atoms with Crippen LogP contribution in [0.2, 0.25) is 0 Å². The normalized spacial score (nSPS) is 13.2. The number of para-hydroxylation sites is 1. The Kier molecular flexibility index (Phi) is 14.9. The van der Waals surface area contributed by atoms with Gasteiger partial charge < -0.3 is 10.2 Å². The molecule has 2 nitrogen and oxygen atoms in total. The highest BCUT2D eigenvalue weighted by Gasteiger charge is 2.51. The second kappa shape index (κ2) is 22.6. The van der Waals surface area contributed by atoms with Gasteiger partial charge >= 0.3 is 0 Å². The highest BCUT2D eigenvalue weighted by atomic mass is 15.1. The third kappa shape index (κ3) is 9.05. The molecule has 0 radical (unpaired) electrons. The van der Waals surface area contributed by atoms with Crippen molar-refractivity contribution in [2.24, 2.45) is 0 Å². The lowest BCUT2D eigenvalue weighted by Crippen LogP contribution is -2.26. The quantitative estimate of drug-likeness (QED) is 0.153. The van der Waals surface area contributed by atoms with Crippen molar-refractivity contribution < 1.29 is 0 Å². The Balaban J connectivity index is 0.000000567. The topological polar surface area (TPSA) is 15.3 Å². The van der Waals surface area contributed by atoms with Gasteiger partial charge in [-0.1, -0.05) is 228 Å². The smallest absolute Gasteiger partial charge is 0.0726 e. The van der Waals surface area contributed by atoms with Gasteiger partial charge in [0.25, 0.3) is 0 Å². The zero-order chi connectivity index (χ0) is 55.5. The van der Waals surface area contributed by atoms with Crippen molar-refractivity contribution in [1.82, 2.24) is 0 Å². The molecule has 1 heterocycles. The third-order valence-corrected chi connectivity index (χ3v) is 16.1. The van der Waals surface area contributed by atoms with E-state index in [2.05, 4.69) is 262 Å². The number of nitrogens with one attached hydrogen (secondary N) is 1. The van der Waals surface area contributed by atoms with Crippen molar-refractivity contribution in [2.75, 3.05) is 10.2 Å². The fourth-order valence-corrected chi connectivity index (χ4v) is 12.7. The summed E-state index contributed by atoms with van der Waals surface area (Å²) >= 11 is 0. The van der Waals surface area contributed by atoms with Gasteiger partial charge in [-0.05, 0) is 194 Å². The maximum atomic E-state index is 3.78. The van der Waals surface area contributed by atoms with Crippen molar-refractivity contribution in [2.45, 2.75) is 66.7 Å². The standard InChI is InChI=1S/C67H48N2.C7H10.2C2H6/c1-42-30-31-47(39-57(42)58-41-59-56-23-9-13-28-64(56)68-65-29-15-24-51(43(58)2)66(59)65)46-17-14-16-45(38-46)44-32-34-49(35-33-44)69(48-18-4-3-5-19-48)50-36-37-55-54-22-8-12-27-62(54)67(63(55)40-50)60-25-10-6-20-52(60)53-21-7-11-26-61(53)67;1-4-5-6-7(2)3;2*1-2/h3-12,14-27,29-41,68H,13,28H2,1-2H3;4-6H,1-2H2,3H3;2*1-2H3/b;6-5-;;. The number of hydrogen-bond donors (Lipinski definition) is 1. The molecule has 4 aliphatic rings. The van der Waals surface area contributed by atoms with Gasteiger partial charge in [-0.25, -0.2) is 0 Å². The zero-order valence-electron chi connectivity index (χ0n) is 47.4. The Bertz CT molecular complexity index is 4020. The van der Waals surface area contributed by atoms with Crippen LogP contribution in [0.25, 0.3) is 72.0 Å². The number of fused-ring (bicyclic) bond motifs is 11. The van der Waals surface area contributed by atoms with Crippen molar-refractivity contribution in [3.63, 3.8) is 0 Å². The van der Waals surface area contributed by atoms with Crippen LogP contribution in [0.1, 0.15) is 86.4 Å². The van der Waals surface area contributed by atoms with Crippen molar-refractivity contribution in [1.29, 1.82) is 0 Å². The Morgan fingerprint density at radius 1 is 0.500 bits per heavy atom. The molecule has 2 heteroatoms. The predicted molar refractivity (Wildman–Crippen MR) is 346 cm³/mol. The van der Waals surface area contributed by atoms with E-state index in [0.29, 0.717) is 0 Å². The maximum absolute atomic E-state index is 3.78. The van der Waals surface area contributed by atoms with Gasteiger partial charge in [-0.2, -0.15) is 0 Å². The summed E-state index contributed by atoms with van der Waals surface area (Å²) < 4.78 is 0. The van der Waals surface area contributed by atoms with Crippen LogP contribution >= 0.6 is 0 Å². The van der Waals surface area contributed by atoms with Gasteiger partial charge in [0.15, 0.2) is 0 Å². The molecule has 1 spiro atoms. The molecule has 0 atom stereocenters. The SMILES string of the molecule is C=C/C=C\C(=C)C.CC.CC.Cc1ccc(-c2cccc(-c3ccc(N(c4ccccc4)c4ccc5c(c4)C4(c6ccccc6-c6ccccc64)c4ccccc4-5)cc3)c2)cc1-c1cc2c3c(cccc3c1C)NC1=C2C=CCC1. The molecule has 0 aromatic heterocycles. The molecule has 0 bridgehead atoms. The molecule has 1 N–H and O–H groups in total. The van der Waals surface area contributed by atoms with E-state index in [0.717, 1.165) is 35.5 Å². The summed E-state index contributed by atoms with van der Waals surface area (Å²) in [4.78, 5) is 2.42. The minimum absolute atomic E-state index is 0.412. The number of hydrogen-bond acceptors (Lipinski definition) is 2. The van der Waals surface area contributed by atoms with E-state index in [1.165, 1.54) is 122 Å². The van der Waals surface area contributed by atoms with Gasteiger partial charge in [0.1, 0.15) is 0 Å². The van der Waals surface area contributed by atoms with Gasteiger partial charge in [-0.3, -0.25) is 0 Å².